The van der Waals surface area contributed by atoms with Crippen molar-refractivity contribution in [1.82, 2.24) is 0 Å². The number of aliphatic carboxylic acids is 1. The Bertz CT molecular complexity index is 838. The first-order valence-corrected chi connectivity index (χ1v) is 7.42. The van der Waals surface area contributed by atoms with Gasteiger partial charge in [0.05, 0.1) is 24.0 Å². The molecule has 26 heavy (non-hydrogen) atoms. The Labute approximate surface area is 147 Å². The van der Waals surface area contributed by atoms with Crippen molar-refractivity contribution in [1.29, 1.82) is 0 Å². The van der Waals surface area contributed by atoms with Crippen LogP contribution in [-0.2, 0) is 9.59 Å². The summed E-state index contributed by atoms with van der Waals surface area (Å²) < 4.78 is 17.9. The van der Waals surface area contributed by atoms with Crippen molar-refractivity contribution < 1.29 is 28.7 Å². The lowest BCUT2D eigenvalue weighted by molar-refractivity contribution is -0.384. The number of carboxylic acid groups (broad SMARTS) is 1. The van der Waals surface area contributed by atoms with E-state index in [-0.39, 0.29) is 22.7 Å². The molecule has 0 aliphatic heterocycles. The van der Waals surface area contributed by atoms with Crippen LogP contribution in [0.5, 0.6) is 5.75 Å². The van der Waals surface area contributed by atoms with Gasteiger partial charge in [-0.2, -0.15) is 0 Å². The van der Waals surface area contributed by atoms with Gasteiger partial charge in [0, 0.05) is 6.42 Å². The van der Waals surface area contributed by atoms with E-state index in [1.54, 1.807) is 0 Å². The number of amides is 1. The first kappa shape index (κ1) is 18.8. The molecular weight excluding hydrogens is 347 g/mol. The Morgan fingerprint density at radius 1 is 1.27 bits per heavy atom. The van der Waals surface area contributed by atoms with Crippen LogP contribution in [0, 0.1) is 15.9 Å². The smallest absolute Gasteiger partial charge is 0.311 e. The highest BCUT2D eigenvalue weighted by Gasteiger charge is 2.25. The number of rotatable bonds is 7. The van der Waals surface area contributed by atoms with E-state index in [0.717, 1.165) is 18.2 Å². The second-order valence-electron chi connectivity index (χ2n) is 5.33. The quantitative estimate of drug-likeness (QED) is 0.577. The van der Waals surface area contributed by atoms with E-state index >= 15 is 0 Å². The van der Waals surface area contributed by atoms with Crippen LogP contribution in [0.1, 0.15) is 17.9 Å². The molecule has 0 saturated heterocycles. The Kier molecular flexibility index (Phi) is 5.84. The molecule has 0 bridgehead atoms. The lowest BCUT2D eigenvalue weighted by Gasteiger charge is -2.13. The average Bonchev–Trinajstić information content (AvgIpc) is 2.60. The molecule has 0 aliphatic rings. The van der Waals surface area contributed by atoms with Crippen LogP contribution in [0.15, 0.2) is 42.5 Å². The molecule has 0 radical (unpaired) electrons. The third-order valence-corrected chi connectivity index (χ3v) is 3.64. The van der Waals surface area contributed by atoms with Crippen molar-refractivity contribution >= 4 is 23.3 Å². The van der Waals surface area contributed by atoms with Crippen LogP contribution in [0.3, 0.4) is 0 Å². The van der Waals surface area contributed by atoms with Crippen molar-refractivity contribution in [3.63, 3.8) is 0 Å². The summed E-state index contributed by atoms with van der Waals surface area (Å²) in [5, 5.41) is 22.8. The molecule has 8 nitrogen and oxygen atoms in total. The zero-order valence-electron chi connectivity index (χ0n) is 13.6. The van der Waals surface area contributed by atoms with E-state index in [9.17, 15) is 29.2 Å². The topological polar surface area (TPSA) is 119 Å². The van der Waals surface area contributed by atoms with E-state index in [1.165, 1.54) is 31.4 Å². The van der Waals surface area contributed by atoms with E-state index in [2.05, 4.69) is 5.32 Å². The molecule has 1 amide bonds. The number of carbonyl (C=O) groups is 2. The van der Waals surface area contributed by atoms with Crippen molar-refractivity contribution in [2.24, 2.45) is 0 Å². The predicted molar refractivity (Wildman–Crippen MR) is 89.7 cm³/mol. The molecule has 0 aliphatic carbocycles. The summed E-state index contributed by atoms with van der Waals surface area (Å²) in [6.45, 7) is 0. The highest BCUT2D eigenvalue weighted by molar-refractivity contribution is 5.96. The van der Waals surface area contributed by atoms with Crippen LogP contribution in [0.2, 0.25) is 0 Å². The van der Waals surface area contributed by atoms with Gasteiger partial charge in [0.2, 0.25) is 5.91 Å². The molecule has 0 fully saturated rings. The summed E-state index contributed by atoms with van der Waals surface area (Å²) in [7, 11) is 1.34. The number of hydrogen-bond donors (Lipinski definition) is 2. The summed E-state index contributed by atoms with van der Waals surface area (Å²) >= 11 is 0. The molecule has 2 N–H and O–H groups in total. The highest BCUT2D eigenvalue weighted by Crippen LogP contribution is 2.30. The van der Waals surface area contributed by atoms with Gasteiger partial charge in [-0.05, 0) is 29.8 Å². The molecule has 2 aromatic carbocycles. The summed E-state index contributed by atoms with van der Waals surface area (Å²) in [6, 6.07) is 8.60. The predicted octanol–water partition coefficient (Wildman–Crippen LogP) is 2.94. The van der Waals surface area contributed by atoms with Gasteiger partial charge in [-0.3, -0.25) is 19.7 Å². The molecule has 0 saturated carbocycles. The molecule has 2 aromatic rings. The number of nitrogens with zero attached hydrogens (tertiary/aromatic N) is 1. The fourth-order valence-electron chi connectivity index (χ4n) is 2.32. The molecule has 1 unspecified atom stereocenters. The van der Waals surface area contributed by atoms with Crippen molar-refractivity contribution in [2.75, 3.05) is 12.4 Å². The molecule has 9 heteroatoms. The molecule has 1 atom stereocenters. The minimum Gasteiger partial charge on any atom is -0.496 e. The Morgan fingerprint density at radius 3 is 2.46 bits per heavy atom. The number of halogens is 1. The number of nitro groups is 1. The van der Waals surface area contributed by atoms with Crippen molar-refractivity contribution in [3.05, 3.63) is 64.0 Å². The second-order valence-corrected chi connectivity index (χ2v) is 5.33. The molecule has 0 aromatic heterocycles. The fraction of sp³-hybridized carbons (Fsp3) is 0.176. The van der Waals surface area contributed by atoms with Crippen LogP contribution >= 0.6 is 0 Å². The van der Waals surface area contributed by atoms with E-state index < -0.39 is 35.0 Å². The number of hydrogen-bond acceptors (Lipinski definition) is 5. The number of carboxylic acids is 1. The van der Waals surface area contributed by atoms with Gasteiger partial charge < -0.3 is 15.2 Å². The van der Waals surface area contributed by atoms with Gasteiger partial charge in [0.25, 0.3) is 5.69 Å². The minimum atomic E-state index is -1.27. The van der Waals surface area contributed by atoms with Crippen LogP contribution in [0.4, 0.5) is 15.8 Å². The molecule has 0 spiro atoms. The van der Waals surface area contributed by atoms with Gasteiger partial charge in [0.15, 0.2) is 0 Å². The SMILES string of the molecule is COc1ccc(NC(=O)CC(C(=O)O)c2ccc(F)cc2)c([N+](=O)[O-])c1. The summed E-state index contributed by atoms with van der Waals surface area (Å²) in [6.07, 6.45) is -0.468. The highest BCUT2D eigenvalue weighted by atomic mass is 19.1. The third-order valence-electron chi connectivity index (χ3n) is 3.64. The Morgan fingerprint density at radius 2 is 1.92 bits per heavy atom. The summed E-state index contributed by atoms with van der Waals surface area (Å²) in [4.78, 5) is 34.1. The zero-order chi connectivity index (χ0) is 19.3. The maximum atomic E-state index is 13.0. The number of carbonyl (C=O) groups excluding carboxylic acids is 1. The first-order chi connectivity index (χ1) is 12.3. The van der Waals surface area contributed by atoms with Crippen LogP contribution < -0.4 is 10.1 Å². The Balaban J connectivity index is 2.20. The van der Waals surface area contributed by atoms with E-state index in [4.69, 9.17) is 4.74 Å². The monoisotopic (exact) mass is 362 g/mol. The van der Waals surface area contributed by atoms with Crippen molar-refractivity contribution in [3.8, 4) is 5.75 Å². The maximum Gasteiger partial charge on any atom is 0.311 e. The van der Waals surface area contributed by atoms with Gasteiger partial charge >= 0.3 is 5.97 Å². The van der Waals surface area contributed by atoms with Crippen LogP contribution in [-0.4, -0.2) is 29.0 Å². The second kappa shape index (κ2) is 8.06. The van der Waals surface area contributed by atoms with Crippen molar-refractivity contribution in [2.45, 2.75) is 12.3 Å². The van der Waals surface area contributed by atoms with E-state index in [0.29, 0.717) is 0 Å². The fourth-order valence-corrected chi connectivity index (χ4v) is 2.32. The largest absolute Gasteiger partial charge is 0.496 e. The van der Waals surface area contributed by atoms with Gasteiger partial charge in [-0.25, -0.2) is 4.39 Å². The number of methoxy groups -OCH3 is 1. The summed E-state index contributed by atoms with van der Waals surface area (Å²) in [5.74, 6) is -3.50. The lowest BCUT2D eigenvalue weighted by atomic mass is 9.95. The summed E-state index contributed by atoms with van der Waals surface area (Å²) in [5.41, 5.74) is -0.214. The standard InChI is InChI=1S/C17H15FN2O6/c1-26-12-6-7-14(15(8-12)20(24)25)19-16(21)9-13(17(22)23)10-2-4-11(18)5-3-10/h2-8,13H,9H2,1H3,(H,19,21)(H,22,23). The first-order valence-electron chi connectivity index (χ1n) is 7.42. The van der Waals surface area contributed by atoms with Gasteiger partial charge in [-0.1, -0.05) is 12.1 Å². The lowest BCUT2D eigenvalue weighted by Crippen LogP contribution is -2.21. The number of nitrogens with one attached hydrogen (secondary N) is 1. The molecule has 0 heterocycles. The molecule has 136 valence electrons. The number of ether oxygens (including phenoxy) is 1. The number of anilines is 1. The van der Waals surface area contributed by atoms with Gasteiger partial charge in [-0.15, -0.1) is 0 Å². The minimum absolute atomic E-state index is 0.0796. The zero-order valence-corrected chi connectivity index (χ0v) is 13.6. The normalized spacial score (nSPS) is 11.5. The molecule has 2 rings (SSSR count). The maximum absolute atomic E-state index is 13.0. The van der Waals surface area contributed by atoms with Gasteiger partial charge in [0.1, 0.15) is 17.3 Å². The number of benzene rings is 2. The molecular formula is C17H15FN2O6. The number of nitro benzene ring substituents is 1. The van der Waals surface area contributed by atoms with Crippen LogP contribution in [0.25, 0.3) is 0 Å². The third kappa shape index (κ3) is 4.53. The van der Waals surface area contributed by atoms with E-state index in [1.807, 2.05) is 0 Å². The average molecular weight is 362 g/mol. The Hall–Kier alpha value is -3.49.